The summed E-state index contributed by atoms with van der Waals surface area (Å²) in [6.45, 7) is 1.86. The SMILES string of the molecule is COCCc1nc2c(N)nc3ccccc3c2n1CCCN(Cc1ccc(OCC(=O)OC)cc1)C(=O)CCl.Cl. The Bertz CT molecular complexity index is 1440. The molecule has 0 bridgehead atoms. The van der Waals surface area contributed by atoms with E-state index in [9.17, 15) is 9.59 Å². The van der Waals surface area contributed by atoms with Gasteiger partial charge in [0.05, 0.1) is 24.8 Å². The van der Waals surface area contributed by atoms with E-state index in [-0.39, 0.29) is 30.8 Å². The average Bonchev–Trinajstić information content (AvgIpc) is 3.33. The Hall–Kier alpha value is -3.60. The number of imidazole rings is 1. The summed E-state index contributed by atoms with van der Waals surface area (Å²) in [5.74, 6) is 1.06. The summed E-state index contributed by atoms with van der Waals surface area (Å²) in [5.41, 5.74) is 9.61. The number of nitrogen functional groups attached to an aromatic ring is 1. The van der Waals surface area contributed by atoms with Gasteiger partial charge >= 0.3 is 5.97 Å². The van der Waals surface area contributed by atoms with Crippen molar-refractivity contribution in [3.63, 3.8) is 0 Å². The van der Waals surface area contributed by atoms with Crippen molar-refractivity contribution in [3.8, 4) is 5.75 Å². The van der Waals surface area contributed by atoms with Crippen LogP contribution < -0.4 is 10.5 Å². The monoisotopic (exact) mass is 589 g/mol. The second kappa shape index (κ2) is 14.7. The van der Waals surface area contributed by atoms with E-state index in [1.807, 2.05) is 36.4 Å². The van der Waals surface area contributed by atoms with Gasteiger partial charge in [-0.25, -0.2) is 14.8 Å². The molecule has 0 saturated heterocycles. The second-order valence-electron chi connectivity index (χ2n) is 8.95. The molecule has 2 aromatic carbocycles. The zero-order chi connectivity index (χ0) is 27.8. The summed E-state index contributed by atoms with van der Waals surface area (Å²) in [5, 5.41) is 0.973. The van der Waals surface area contributed by atoms with E-state index in [1.165, 1.54) is 7.11 Å². The number of rotatable bonds is 13. The first-order valence-electron chi connectivity index (χ1n) is 12.6. The lowest BCUT2D eigenvalue weighted by Crippen LogP contribution is -2.33. The lowest BCUT2D eigenvalue weighted by molar-refractivity contribution is -0.142. The molecule has 214 valence electrons. The molecule has 0 unspecified atom stereocenters. The van der Waals surface area contributed by atoms with E-state index >= 15 is 0 Å². The molecule has 40 heavy (non-hydrogen) atoms. The molecule has 0 aliphatic heterocycles. The number of para-hydroxylation sites is 1. The third-order valence-corrected chi connectivity index (χ3v) is 6.61. The maximum atomic E-state index is 12.7. The molecule has 0 spiro atoms. The van der Waals surface area contributed by atoms with Gasteiger partial charge in [-0.05, 0) is 30.2 Å². The van der Waals surface area contributed by atoms with Gasteiger partial charge in [-0.3, -0.25) is 4.79 Å². The first kappa shape index (κ1) is 30.9. The number of halogens is 2. The van der Waals surface area contributed by atoms with Gasteiger partial charge in [-0.2, -0.15) is 0 Å². The van der Waals surface area contributed by atoms with Crippen LogP contribution in [0.15, 0.2) is 48.5 Å². The normalized spacial score (nSPS) is 10.9. The van der Waals surface area contributed by atoms with E-state index in [0.717, 1.165) is 27.8 Å². The smallest absolute Gasteiger partial charge is 0.343 e. The number of amides is 1. The minimum atomic E-state index is -0.457. The molecule has 2 aromatic heterocycles. The number of aromatic nitrogens is 3. The summed E-state index contributed by atoms with van der Waals surface area (Å²) in [7, 11) is 2.97. The third kappa shape index (κ3) is 7.32. The van der Waals surface area contributed by atoms with Crippen LogP contribution in [0.1, 0.15) is 17.8 Å². The van der Waals surface area contributed by atoms with E-state index in [2.05, 4.69) is 14.3 Å². The van der Waals surface area contributed by atoms with Crippen molar-refractivity contribution in [1.82, 2.24) is 19.4 Å². The van der Waals surface area contributed by atoms with E-state index < -0.39 is 5.97 Å². The van der Waals surface area contributed by atoms with Crippen molar-refractivity contribution < 1.29 is 23.8 Å². The molecule has 0 aliphatic rings. The number of carbonyl (C=O) groups is 2. The fourth-order valence-electron chi connectivity index (χ4n) is 4.44. The summed E-state index contributed by atoms with van der Waals surface area (Å²) in [4.78, 5) is 35.1. The number of alkyl halides is 1. The van der Waals surface area contributed by atoms with Gasteiger partial charge in [-0.15, -0.1) is 24.0 Å². The first-order valence-corrected chi connectivity index (χ1v) is 13.1. The van der Waals surface area contributed by atoms with Gasteiger partial charge in [0.1, 0.15) is 23.0 Å². The fourth-order valence-corrected chi connectivity index (χ4v) is 4.61. The summed E-state index contributed by atoms with van der Waals surface area (Å²) in [6, 6.07) is 15.1. The van der Waals surface area contributed by atoms with Crippen LogP contribution in [0.2, 0.25) is 0 Å². The number of aryl methyl sites for hydroxylation is 1. The van der Waals surface area contributed by atoms with Crippen LogP contribution in [-0.2, 0) is 38.6 Å². The van der Waals surface area contributed by atoms with Crippen LogP contribution in [0, 0.1) is 0 Å². The Morgan fingerprint density at radius 3 is 2.52 bits per heavy atom. The molecule has 0 fully saturated rings. The van der Waals surface area contributed by atoms with Crippen LogP contribution >= 0.6 is 24.0 Å². The highest BCUT2D eigenvalue weighted by Crippen LogP contribution is 2.29. The van der Waals surface area contributed by atoms with Crippen LogP contribution in [0.4, 0.5) is 5.82 Å². The number of carbonyl (C=O) groups excluding carboxylic acids is 2. The van der Waals surface area contributed by atoms with Crippen molar-refractivity contribution in [2.45, 2.75) is 25.9 Å². The topological polar surface area (TPSA) is 122 Å². The highest BCUT2D eigenvalue weighted by atomic mass is 35.5. The molecule has 12 heteroatoms. The fraction of sp³-hybridized carbons (Fsp3) is 0.357. The zero-order valence-electron chi connectivity index (χ0n) is 22.5. The third-order valence-electron chi connectivity index (χ3n) is 6.38. The maximum Gasteiger partial charge on any atom is 0.343 e. The van der Waals surface area contributed by atoms with Crippen molar-refractivity contribution in [2.24, 2.45) is 0 Å². The van der Waals surface area contributed by atoms with Crippen molar-refractivity contribution in [2.75, 3.05) is 45.6 Å². The van der Waals surface area contributed by atoms with Gasteiger partial charge in [-0.1, -0.05) is 30.3 Å². The van der Waals surface area contributed by atoms with Gasteiger partial charge in [0, 0.05) is 38.6 Å². The summed E-state index contributed by atoms with van der Waals surface area (Å²) < 4.78 is 17.5. The Morgan fingerprint density at radius 1 is 1.07 bits per heavy atom. The molecule has 4 aromatic rings. The molecule has 2 N–H and O–H groups in total. The average molecular weight is 591 g/mol. The number of fused-ring (bicyclic) bond motifs is 3. The molecule has 2 heterocycles. The largest absolute Gasteiger partial charge is 0.482 e. The number of nitrogens with zero attached hydrogens (tertiary/aromatic N) is 4. The molecule has 10 nitrogen and oxygen atoms in total. The molecule has 0 aliphatic carbocycles. The Balaban J connectivity index is 0.00000441. The number of methoxy groups -OCH3 is 2. The van der Waals surface area contributed by atoms with Crippen molar-refractivity contribution >= 4 is 63.6 Å². The molecular weight excluding hydrogens is 557 g/mol. The quantitative estimate of drug-likeness (QED) is 0.183. The van der Waals surface area contributed by atoms with Crippen molar-refractivity contribution in [3.05, 3.63) is 59.9 Å². The minimum Gasteiger partial charge on any atom is -0.482 e. The van der Waals surface area contributed by atoms with Gasteiger partial charge in [0.2, 0.25) is 5.91 Å². The van der Waals surface area contributed by atoms with E-state index in [0.29, 0.717) is 56.2 Å². The molecular formula is C28H33Cl2N5O5. The lowest BCUT2D eigenvalue weighted by atomic mass is 10.2. The standard InChI is InChI=1S/C28H32ClN5O5.ClH/c1-37-15-12-23-32-26-27(21-6-3-4-7-22(21)31-28(26)30)34(23)14-5-13-33(24(35)16-29)17-19-8-10-20(11-9-19)39-18-25(36)38-2;/h3-4,6-11H,5,12-18H2,1-2H3,(H2,30,31);1H. The number of hydrogen-bond donors (Lipinski definition) is 1. The number of esters is 1. The summed E-state index contributed by atoms with van der Waals surface area (Å²) in [6.07, 6.45) is 1.29. The predicted octanol–water partition coefficient (Wildman–Crippen LogP) is 3.99. The second-order valence-corrected chi connectivity index (χ2v) is 9.21. The van der Waals surface area contributed by atoms with Gasteiger partial charge in [0.25, 0.3) is 0 Å². The molecule has 4 rings (SSSR count). The van der Waals surface area contributed by atoms with Crippen molar-refractivity contribution in [1.29, 1.82) is 0 Å². The lowest BCUT2D eigenvalue weighted by Gasteiger charge is -2.22. The van der Waals surface area contributed by atoms with Crippen LogP contribution in [-0.4, -0.2) is 71.2 Å². The first-order chi connectivity index (χ1) is 18.9. The Kier molecular flexibility index (Phi) is 11.4. The Labute approximate surface area is 243 Å². The van der Waals surface area contributed by atoms with Gasteiger partial charge < -0.3 is 29.4 Å². The molecule has 0 saturated carbocycles. The molecule has 0 radical (unpaired) electrons. The predicted molar refractivity (Wildman–Crippen MR) is 157 cm³/mol. The number of ether oxygens (including phenoxy) is 3. The number of nitrogens with two attached hydrogens (primary N) is 1. The van der Waals surface area contributed by atoms with Crippen LogP contribution in [0.5, 0.6) is 5.75 Å². The summed E-state index contributed by atoms with van der Waals surface area (Å²) >= 11 is 5.94. The number of benzene rings is 2. The zero-order valence-corrected chi connectivity index (χ0v) is 24.0. The molecule has 1 amide bonds. The Morgan fingerprint density at radius 2 is 1.82 bits per heavy atom. The van der Waals surface area contributed by atoms with Gasteiger partial charge in [0.15, 0.2) is 12.4 Å². The highest BCUT2D eigenvalue weighted by molar-refractivity contribution is 6.27. The minimum absolute atomic E-state index is 0. The van der Waals surface area contributed by atoms with Crippen LogP contribution in [0.25, 0.3) is 21.9 Å². The number of hydrogen-bond acceptors (Lipinski definition) is 8. The van der Waals surface area contributed by atoms with E-state index in [4.69, 9.17) is 31.8 Å². The van der Waals surface area contributed by atoms with E-state index in [1.54, 1.807) is 24.1 Å². The molecule has 0 atom stereocenters. The number of pyridine rings is 1. The van der Waals surface area contributed by atoms with Crippen LogP contribution in [0.3, 0.4) is 0 Å². The maximum absolute atomic E-state index is 12.7. The highest BCUT2D eigenvalue weighted by Gasteiger charge is 2.18. The number of anilines is 1.